The zero-order valence-electron chi connectivity index (χ0n) is 20.5. The van der Waals surface area contributed by atoms with Crippen molar-refractivity contribution in [1.29, 1.82) is 0 Å². The van der Waals surface area contributed by atoms with Crippen LogP contribution in [0, 0.1) is 11.8 Å². The molecule has 2 N–H and O–H groups in total. The van der Waals surface area contributed by atoms with Crippen LogP contribution in [0.2, 0.25) is 0 Å². The van der Waals surface area contributed by atoms with Gasteiger partial charge in [-0.15, -0.1) is 0 Å². The van der Waals surface area contributed by atoms with Gasteiger partial charge in [0.2, 0.25) is 5.91 Å². The fraction of sp³-hybridized carbons (Fsp3) is 0.519. The van der Waals surface area contributed by atoms with Crippen LogP contribution in [0.4, 0.5) is 0 Å². The summed E-state index contributed by atoms with van der Waals surface area (Å²) >= 11 is 0. The highest BCUT2D eigenvalue weighted by molar-refractivity contribution is 6.12. The molecule has 0 radical (unpaired) electrons. The molecular formula is C27H38N4O2. The van der Waals surface area contributed by atoms with Gasteiger partial charge in [0.1, 0.15) is 5.75 Å². The molecule has 0 aromatic heterocycles. The number of piperidine rings is 1. The second-order valence-corrected chi connectivity index (χ2v) is 9.52. The van der Waals surface area contributed by atoms with Crippen molar-refractivity contribution in [1.82, 2.24) is 10.2 Å². The van der Waals surface area contributed by atoms with E-state index in [-0.39, 0.29) is 5.75 Å². The first-order chi connectivity index (χ1) is 15.9. The number of carbonyl (C=O) groups excluding carboxylic acids is 1. The summed E-state index contributed by atoms with van der Waals surface area (Å²) in [7, 11) is 1.76. The van der Waals surface area contributed by atoms with E-state index in [9.17, 15) is 9.90 Å². The summed E-state index contributed by atoms with van der Waals surface area (Å²) in [6.07, 6.45) is 8.26. The standard InChI is InChI=1S/C27H38N4O2/c1-19(2)9-10-27(33)31-13-11-21(12-14-31)18-29-22-15-24(20(3)17-28-4)30-25(16-22)23-7-5-6-8-26(23)32/h5-8,16-17,19,21,29,32H,9-15,18H2,1-4H3/b24-20+,28-17?. The van der Waals surface area contributed by atoms with Gasteiger partial charge < -0.3 is 15.3 Å². The average molecular weight is 451 g/mol. The molecule has 0 saturated carbocycles. The third kappa shape index (κ3) is 7.04. The molecule has 3 rings (SSSR count). The van der Waals surface area contributed by atoms with Gasteiger partial charge in [-0.1, -0.05) is 26.0 Å². The molecule has 2 aliphatic heterocycles. The summed E-state index contributed by atoms with van der Waals surface area (Å²) in [4.78, 5) is 23.4. The Balaban J connectivity index is 1.63. The molecule has 0 unspecified atom stereocenters. The number of para-hydroxylation sites is 1. The molecular weight excluding hydrogens is 412 g/mol. The van der Waals surface area contributed by atoms with Gasteiger partial charge in [-0.25, -0.2) is 0 Å². The van der Waals surface area contributed by atoms with Crippen molar-refractivity contribution >= 4 is 17.8 Å². The Morgan fingerprint density at radius 1 is 1.30 bits per heavy atom. The van der Waals surface area contributed by atoms with E-state index >= 15 is 0 Å². The average Bonchev–Trinajstić information content (AvgIpc) is 2.81. The minimum Gasteiger partial charge on any atom is -0.507 e. The number of rotatable bonds is 8. The van der Waals surface area contributed by atoms with Gasteiger partial charge in [0.15, 0.2) is 0 Å². The SMILES string of the molecule is CN=C/C(C)=C1\CC(NCC2CCN(C(=O)CCC(C)C)CC2)=CC(c2ccccc2O)=N1. The summed E-state index contributed by atoms with van der Waals surface area (Å²) < 4.78 is 0. The topological polar surface area (TPSA) is 77.3 Å². The number of phenols is 1. The van der Waals surface area contributed by atoms with Crippen LogP contribution in [0.15, 0.2) is 57.3 Å². The van der Waals surface area contributed by atoms with Crippen LogP contribution in [0.5, 0.6) is 5.75 Å². The van der Waals surface area contributed by atoms with Gasteiger partial charge in [0, 0.05) is 57.0 Å². The Bertz CT molecular complexity index is 951. The summed E-state index contributed by atoms with van der Waals surface area (Å²) in [6, 6.07) is 7.30. The molecule has 1 aromatic carbocycles. The minimum atomic E-state index is 0.226. The van der Waals surface area contributed by atoms with Gasteiger partial charge >= 0.3 is 0 Å². The molecule has 6 heteroatoms. The molecule has 1 amide bonds. The Labute approximate surface area is 198 Å². The number of likely N-dealkylation sites (tertiary alicyclic amines) is 1. The van der Waals surface area contributed by atoms with E-state index in [0.29, 0.717) is 30.6 Å². The van der Waals surface area contributed by atoms with Crippen molar-refractivity contribution in [2.45, 2.75) is 52.9 Å². The number of phenolic OH excluding ortho intramolecular Hbond substituents is 1. The van der Waals surface area contributed by atoms with E-state index in [1.165, 1.54) is 0 Å². The van der Waals surface area contributed by atoms with Crippen LogP contribution in [0.1, 0.15) is 58.4 Å². The van der Waals surface area contributed by atoms with E-state index in [1.54, 1.807) is 13.1 Å². The first-order valence-corrected chi connectivity index (χ1v) is 12.1. The molecule has 0 spiro atoms. The molecule has 1 saturated heterocycles. The second-order valence-electron chi connectivity index (χ2n) is 9.52. The van der Waals surface area contributed by atoms with Crippen LogP contribution < -0.4 is 5.32 Å². The highest BCUT2D eigenvalue weighted by atomic mass is 16.3. The van der Waals surface area contributed by atoms with Crippen molar-refractivity contribution in [3.05, 3.63) is 52.9 Å². The summed E-state index contributed by atoms with van der Waals surface area (Å²) in [5, 5.41) is 14.0. The number of aliphatic imine (C=N–C) groups is 2. The van der Waals surface area contributed by atoms with Crippen LogP contribution >= 0.6 is 0 Å². The van der Waals surface area contributed by atoms with E-state index < -0.39 is 0 Å². The van der Waals surface area contributed by atoms with E-state index in [2.05, 4.69) is 24.2 Å². The number of benzene rings is 1. The number of allylic oxidation sites excluding steroid dienone is 2. The number of amides is 1. The van der Waals surface area contributed by atoms with Gasteiger partial charge in [-0.2, -0.15) is 0 Å². The van der Waals surface area contributed by atoms with E-state index in [4.69, 9.17) is 4.99 Å². The highest BCUT2D eigenvalue weighted by Crippen LogP contribution is 2.26. The maximum atomic E-state index is 12.4. The normalized spacial score (nSPS) is 19.0. The molecule has 6 nitrogen and oxygen atoms in total. The Kier molecular flexibility index (Phi) is 8.87. The van der Waals surface area contributed by atoms with Crippen molar-refractivity contribution < 1.29 is 9.90 Å². The Morgan fingerprint density at radius 2 is 2.03 bits per heavy atom. The lowest BCUT2D eigenvalue weighted by Gasteiger charge is -2.33. The monoisotopic (exact) mass is 450 g/mol. The van der Waals surface area contributed by atoms with Crippen LogP contribution in [-0.4, -0.2) is 54.5 Å². The molecule has 2 heterocycles. The smallest absolute Gasteiger partial charge is 0.222 e. The molecule has 1 fully saturated rings. The van der Waals surface area contributed by atoms with Gasteiger partial charge in [-0.05, 0) is 61.8 Å². The number of nitrogens with zero attached hydrogens (tertiary/aromatic N) is 3. The van der Waals surface area contributed by atoms with Gasteiger partial charge in [0.05, 0.1) is 11.4 Å². The van der Waals surface area contributed by atoms with Crippen molar-refractivity contribution in [2.24, 2.45) is 21.8 Å². The van der Waals surface area contributed by atoms with Gasteiger partial charge in [0.25, 0.3) is 0 Å². The predicted molar refractivity (Wildman–Crippen MR) is 136 cm³/mol. The van der Waals surface area contributed by atoms with Crippen LogP contribution in [-0.2, 0) is 4.79 Å². The maximum absolute atomic E-state index is 12.4. The zero-order chi connectivity index (χ0) is 23.8. The zero-order valence-corrected chi connectivity index (χ0v) is 20.5. The number of dihydropyridines is 1. The third-order valence-corrected chi connectivity index (χ3v) is 6.40. The second kappa shape index (κ2) is 11.8. The van der Waals surface area contributed by atoms with Crippen molar-refractivity contribution in [3.8, 4) is 5.75 Å². The van der Waals surface area contributed by atoms with Crippen LogP contribution in [0.25, 0.3) is 0 Å². The largest absolute Gasteiger partial charge is 0.507 e. The fourth-order valence-electron chi connectivity index (χ4n) is 4.28. The Hall–Kier alpha value is -2.89. The number of hydrogen-bond acceptors (Lipinski definition) is 5. The van der Waals surface area contributed by atoms with E-state index in [1.807, 2.05) is 42.3 Å². The first kappa shape index (κ1) is 24.7. The lowest BCUT2D eigenvalue weighted by atomic mass is 9.95. The lowest BCUT2D eigenvalue weighted by Crippen LogP contribution is -2.40. The minimum absolute atomic E-state index is 0.226. The first-order valence-electron chi connectivity index (χ1n) is 12.1. The highest BCUT2D eigenvalue weighted by Gasteiger charge is 2.23. The maximum Gasteiger partial charge on any atom is 0.222 e. The third-order valence-electron chi connectivity index (χ3n) is 6.40. The van der Waals surface area contributed by atoms with E-state index in [0.717, 1.165) is 67.1 Å². The van der Waals surface area contributed by atoms with Crippen molar-refractivity contribution in [3.63, 3.8) is 0 Å². The Morgan fingerprint density at radius 3 is 2.70 bits per heavy atom. The predicted octanol–water partition coefficient (Wildman–Crippen LogP) is 4.71. The van der Waals surface area contributed by atoms with Crippen LogP contribution in [0.3, 0.4) is 0 Å². The fourth-order valence-corrected chi connectivity index (χ4v) is 4.28. The molecule has 33 heavy (non-hydrogen) atoms. The summed E-state index contributed by atoms with van der Waals surface area (Å²) in [6.45, 7) is 8.93. The van der Waals surface area contributed by atoms with Crippen molar-refractivity contribution in [2.75, 3.05) is 26.7 Å². The number of nitrogens with one attached hydrogen (secondary N) is 1. The molecule has 1 aromatic rings. The molecule has 0 aliphatic carbocycles. The molecule has 0 atom stereocenters. The summed E-state index contributed by atoms with van der Waals surface area (Å²) in [5.74, 6) is 1.64. The number of hydrogen-bond donors (Lipinski definition) is 2. The summed E-state index contributed by atoms with van der Waals surface area (Å²) in [5.41, 5.74) is 4.55. The molecule has 2 aliphatic rings. The quantitative estimate of drug-likeness (QED) is 0.563. The molecule has 178 valence electrons. The lowest BCUT2D eigenvalue weighted by molar-refractivity contribution is -0.132. The number of aromatic hydroxyl groups is 1. The van der Waals surface area contributed by atoms with Gasteiger partial charge in [-0.3, -0.25) is 14.8 Å². The molecule has 0 bridgehead atoms. The number of carbonyl (C=O) groups is 1.